The minimum atomic E-state index is -0.0833. The number of unbranched alkanes of at least 4 members (excludes halogenated alkanes) is 1. The van der Waals surface area contributed by atoms with Crippen LogP contribution in [0.1, 0.15) is 81.6 Å². The van der Waals surface area contributed by atoms with E-state index in [9.17, 15) is 4.79 Å². The van der Waals surface area contributed by atoms with Gasteiger partial charge in [-0.2, -0.15) is 0 Å². The van der Waals surface area contributed by atoms with E-state index in [4.69, 9.17) is 0 Å². The number of nitrogens with one attached hydrogen (secondary N) is 1. The van der Waals surface area contributed by atoms with Crippen LogP contribution in [-0.4, -0.2) is 11.9 Å². The Morgan fingerprint density at radius 2 is 1.29 bits per heavy atom. The number of hydrogen-bond acceptors (Lipinski definition) is 1. The van der Waals surface area contributed by atoms with Crippen molar-refractivity contribution in [2.75, 3.05) is 0 Å². The van der Waals surface area contributed by atoms with Gasteiger partial charge in [0.05, 0.1) is 0 Å². The SMILES string of the molecule is CC.CC(C)(C)CC(C)(C)NC=O.CCCC. The average Bonchev–Trinajstić information content (AvgIpc) is 2.17. The van der Waals surface area contributed by atoms with Crippen molar-refractivity contribution in [3.05, 3.63) is 0 Å². The summed E-state index contributed by atoms with van der Waals surface area (Å²) < 4.78 is 0. The second-order valence-electron chi connectivity index (χ2n) is 5.88. The molecule has 0 aliphatic rings. The van der Waals surface area contributed by atoms with Gasteiger partial charge in [0, 0.05) is 5.54 Å². The van der Waals surface area contributed by atoms with Crippen LogP contribution in [0.25, 0.3) is 0 Å². The van der Waals surface area contributed by atoms with E-state index < -0.39 is 0 Å². The van der Waals surface area contributed by atoms with E-state index in [1.807, 2.05) is 27.7 Å². The standard InChI is InChI=1S/C9H19NO.C4H10.C2H6/c1-8(2,3)6-9(4,5)10-7-11;1-3-4-2;1-2/h7H,6H2,1-5H3,(H,10,11);3-4H2,1-2H3;1-2H3. The van der Waals surface area contributed by atoms with Crippen LogP contribution in [-0.2, 0) is 4.79 Å². The summed E-state index contributed by atoms with van der Waals surface area (Å²) >= 11 is 0. The number of hydrogen-bond donors (Lipinski definition) is 1. The lowest BCUT2D eigenvalue weighted by molar-refractivity contribution is -0.111. The Kier molecular flexibility index (Phi) is 15.3. The summed E-state index contributed by atoms with van der Waals surface area (Å²) in [5.41, 5.74) is 0.180. The molecule has 106 valence electrons. The van der Waals surface area contributed by atoms with Gasteiger partial charge in [0.15, 0.2) is 0 Å². The average molecular weight is 245 g/mol. The highest BCUT2D eigenvalue weighted by Crippen LogP contribution is 2.26. The highest BCUT2D eigenvalue weighted by molar-refractivity contribution is 5.47. The molecule has 1 amide bonds. The van der Waals surface area contributed by atoms with Gasteiger partial charge in [0.2, 0.25) is 6.41 Å². The van der Waals surface area contributed by atoms with Gasteiger partial charge in [-0.05, 0) is 25.7 Å². The van der Waals surface area contributed by atoms with Gasteiger partial charge >= 0.3 is 0 Å². The quantitative estimate of drug-likeness (QED) is 0.710. The van der Waals surface area contributed by atoms with Gasteiger partial charge in [-0.15, -0.1) is 0 Å². The van der Waals surface area contributed by atoms with Gasteiger partial charge in [-0.3, -0.25) is 4.79 Å². The maximum Gasteiger partial charge on any atom is 0.207 e. The zero-order valence-electron chi connectivity index (χ0n) is 13.6. The molecule has 0 aromatic heterocycles. The number of amides is 1. The van der Waals surface area contributed by atoms with Crippen LogP contribution in [0.5, 0.6) is 0 Å². The number of rotatable bonds is 4. The van der Waals surface area contributed by atoms with Gasteiger partial charge < -0.3 is 5.32 Å². The van der Waals surface area contributed by atoms with Gasteiger partial charge in [-0.25, -0.2) is 0 Å². The molecule has 0 aliphatic carbocycles. The van der Waals surface area contributed by atoms with Crippen molar-refractivity contribution in [1.29, 1.82) is 0 Å². The smallest absolute Gasteiger partial charge is 0.207 e. The van der Waals surface area contributed by atoms with Crippen LogP contribution >= 0.6 is 0 Å². The molecule has 0 radical (unpaired) electrons. The van der Waals surface area contributed by atoms with Crippen molar-refractivity contribution in [2.24, 2.45) is 5.41 Å². The molecule has 0 aromatic carbocycles. The van der Waals surface area contributed by atoms with E-state index in [1.165, 1.54) is 12.8 Å². The van der Waals surface area contributed by atoms with Gasteiger partial charge in [-0.1, -0.05) is 61.3 Å². The molecule has 0 rings (SSSR count). The molecule has 0 saturated heterocycles. The Balaban J connectivity index is -0.000000275. The lowest BCUT2D eigenvalue weighted by Crippen LogP contribution is -2.41. The van der Waals surface area contributed by atoms with E-state index in [1.54, 1.807) is 0 Å². The minimum Gasteiger partial charge on any atom is -0.354 e. The fourth-order valence-corrected chi connectivity index (χ4v) is 1.54. The first kappa shape index (κ1) is 21.7. The minimum absolute atomic E-state index is 0.0833. The molecular formula is C15H35NO. The van der Waals surface area contributed by atoms with Crippen LogP contribution in [0.3, 0.4) is 0 Å². The van der Waals surface area contributed by atoms with Crippen molar-refractivity contribution in [3.8, 4) is 0 Å². The van der Waals surface area contributed by atoms with Crippen LogP contribution in [0, 0.1) is 5.41 Å². The molecule has 0 atom stereocenters. The first-order valence-electron chi connectivity index (χ1n) is 6.90. The summed E-state index contributed by atoms with van der Waals surface area (Å²) in [6.07, 6.45) is 4.39. The molecule has 17 heavy (non-hydrogen) atoms. The highest BCUT2D eigenvalue weighted by Gasteiger charge is 2.24. The largest absolute Gasteiger partial charge is 0.354 e. The summed E-state index contributed by atoms with van der Waals surface area (Å²) in [7, 11) is 0. The Bertz CT molecular complexity index is 155. The first-order chi connectivity index (χ1) is 7.68. The lowest BCUT2D eigenvalue weighted by atomic mass is 9.82. The predicted molar refractivity (Wildman–Crippen MR) is 79.3 cm³/mol. The summed E-state index contributed by atoms with van der Waals surface area (Å²) in [5.74, 6) is 0. The Morgan fingerprint density at radius 3 is 1.47 bits per heavy atom. The van der Waals surface area contributed by atoms with Crippen molar-refractivity contribution in [2.45, 2.75) is 87.1 Å². The zero-order chi connectivity index (χ0) is 14.5. The topological polar surface area (TPSA) is 29.1 Å². The van der Waals surface area contributed by atoms with Crippen molar-refractivity contribution in [3.63, 3.8) is 0 Å². The maximum atomic E-state index is 10.2. The molecular weight excluding hydrogens is 210 g/mol. The van der Waals surface area contributed by atoms with Crippen molar-refractivity contribution >= 4 is 6.41 Å². The molecule has 0 saturated carbocycles. The van der Waals surface area contributed by atoms with Crippen LogP contribution in [0.15, 0.2) is 0 Å². The predicted octanol–water partition coefficient (Wildman–Crippen LogP) is 4.78. The molecule has 0 unspecified atom stereocenters. The molecule has 2 nitrogen and oxygen atoms in total. The summed E-state index contributed by atoms with van der Waals surface area (Å²) in [6.45, 7) is 18.9. The molecule has 0 bridgehead atoms. The summed E-state index contributed by atoms with van der Waals surface area (Å²) in [6, 6.07) is 0. The molecule has 1 N–H and O–H groups in total. The third-order valence-corrected chi connectivity index (χ3v) is 1.92. The van der Waals surface area contributed by atoms with Crippen LogP contribution < -0.4 is 5.32 Å². The zero-order valence-corrected chi connectivity index (χ0v) is 13.6. The van der Waals surface area contributed by atoms with E-state index >= 15 is 0 Å². The molecule has 2 heteroatoms. The second kappa shape index (κ2) is 11.9. The van der Waals surface area contributed by atoms with E-state index in [-0.39, 0.29) is 11.0 Å². The van der Waals surface area contributed by atoms with Crippen LogP contribution in [0.2, 0.25) is 0 Å². The lowest BCUT2D eigenvalue weighted by Gasteiger charge is -2.31. The monoisotopic (exact) mass is 245 g/mol. The fourth-order valence-electron chi connectivity index (χ4n) is 1.54. The summed E-state index contributed by atoms with van der Waals surface area (Å²) in [5, 5.41) is 2.80. The second-order valence-corrected chi connectivity index (χ2v) is 5.88. The van der Waals surface area contributed by atoms with E-state index in [0.717, 1.165) is 12.8 Å². The molecule has 0 heterocycles. The Labute approximate surface area is 110 Å². The Morgan fingerprint density at radius 1 is 0.941 bits per heavy atom. The highest BCUT2D eigenvalue weighted by atomic mass is 16.1. The number of carbonyl (C=O) groups is 1. The number of carbonyl (C=O) groups excluding carboxylic acids is 1. The summed E-state index contributed by atoms with van der Waals surface area (Å²) in [4.78, 5) is 10.2. The van der Waals surface area contributed by atoms with Crippen molar-refractivity contribution < 1.29 is 4.79 Å². The fraction of sp³-hybridized carbons (Fsp3) is 0.933. The molecule has 0 aromatic rings. The first-order valence-corrected chi connectivity index (χ1v) is 6.90. The van der Waals surface area contributed by atoms with Gasteiger partial charge in [0.25, 0.3) is 0 Å². The maximum absolute atomic E-state index is 10.2. The Hall–Kier alpha value is -0.530. The normalized spacial score (nSPS) is 10.4. The van der Waals surface area contributed by atoms with E-state index in [2.05, 4.69) is 39.9 Å². The molecule has 0 fully saturated rings. The van der Waals surface area contributed by atoms with Crippen LogP contribution in [0.4, 0.5) is 0 Å². The molecule has 0 spiro atoms. The molecule has 0 aliphatic heterocycles. The third-order valence-electron chi connectivity index (χ3n) is 1.92. The van der Waals surface area contributed by atoms with Gasteiger partial charge in [0.1, 0.15) is 0 Å². The van der Waals surface area contributed by atoms with Crippen molar-refractivity contribution in [1.82, 2.24) is 5.32 Å². The van der Waals surface area contributed by atoms with E-state index in [0.29, 0.717) is 0 Å². The third kappa shape index (κ3) is 25.6.